The zero-order valence-electron chi connectivity index (χ0n) is 13.8. The first-order chi connectivity index (χ1) is 9.44. The van der Waals surface area contributed by atoms with Crippen LogP contribution in [0, 0.1) is 12.7 Å². The van der Waals surface area contributed by atoms with Gasteiger partial charge in [0.15, 0.2) is 0 Å². The molecule has 2 nitrogen and oxygen atoms in total. The second-order valence-corrected chi connectivity index (χ2v) is 5.61. The molecule has 0 radical (unpaired) electrons. The molecule has 1 rings (SSSR count). The standard InChI is InChI=1S/C17H29FN2/c1-7-17(5,20(8-2)9-3)16(19-6)14-11-10-13(4)15(18)12-14/h10-12,16,19H,7-9H2,1-6H3. The van der Waals surface area contributed by atoms with Crippen molar-refractivity contribution in [3.05, 3.63) is 35.1 Å². The lowest BCUT2D eigenvalue weighted by atomic mass is 9.82. The van der Waals surface area contributed by atoms with E-state index in [1.54, 1.807) is 13.0 Å². The Morgan fingerprint density at radius 3 is 2.25 bits per heavy atom. The Morgan fingerprint density at radius 2 is 1.85 bits per heavy atom. The highest BCUT2D eigenvalue weighted by molar-refractivity contribution is 5.28. The number of halogens is 1. The number of nitrogens with one attached hydrogen (secondary N) is 1. The highest BCUT2D eigenvalue weighted by atomic mass is 19.1. The zero-order chi connectivity index (χ0) is 15.3. The van der Waals surface area contributed by atoms with Gasteiger partial charge in [-0.3, -0.25) is 4.90 Å². The van der Waals surface area contributed by atoms with E-state index in [2.05, 4.69) is 37.9 Å². The predicted octanol–water partition coefficient (Wildman–Crippen LogP) is 3.91. The molecule has 114 valence electrons. The van der Waals surface area contributed by atoms with Gasteiger partial charge in [0.25, 0.3) is 0 Å². The highest BCUT2D eigenvalue weighted by Gasteiger charge is 2.37. The summed E-state index contributed by atoms with van der Waals surface area (Å²) in [5, 5.41) is 3.40. The molecule has 0 saturated carbocycles. The van der Waals surface area contributed by atoms with E-state index in [0.717, 1.165) is 25.1 Å². The van der Waals surface area contributed by atoms with E-state index in [9.17, 15) is 4.39 Å². The number of hydrogen-bond donors (Lipinski definition) is 1. The Morgan fingerprint density at radius 1 is 1.25 bits per heavy atom. The van der Waals surface area contributed by atoms with Gasteiger partial charge in [0.05, 0.1) is 6.04 Å². The van der Waals surface area contributed by atoms with Crippen molar-refractivity contribution in [3.8, 4) is 0 Å². The zero-order valence-corrected chi connectivity index (χ0v) is 13.8. The SMILES string of the molecule is CCN(CC)C(C)(CC)C(NC)c1ccc(C)c(F)c1. The van der Waals surface area contributed by atoms with Gasteiger partial charge < -0.3 is 5.32 Å². The molecule has 0 fully saturated rings. The summed E-state index contributed by atoms with van der Waals surface area (Å²) in [4.78, 5) is 2.45. The molecule has 2 unspecified atom stereocenters. The van der Waals surface area contributed by atoms with Gasteiger partial charge in [-0.15, -0.1) is 0 Å². The first kappa shape index (κ1) is 17.1. The number of likely N-dealkylation sites (N-methyl/N-ethyl adjacent to an activating group) is 2. The number of nitrogens with zero attached hydrogens (tertiary/aromatic N) is 1. The lowest BCUT2D eigenvalue weighted by Crippen LogP contribution is -2.53. The predicted molar refractivity (Wildman–Crippen MR) is 84.6 cm³/mol. The molecule has 0 aliphatic carbocycles. The lowest BCUT2D eigenvalue weighted by Gasteiger charge is -2.46. The summed E-state index contributed by atoms with van der Waals surface area (Å²) in [6, 6.07) is 5.69. The van der Waals surface area contributed by atoms with Crippen molar-refractivity contribution in [2.75, 3.05) is 20.1 Å². The fourth-order valence-electron chi connectivity index (χ4n) is 3.18. The minimum absolute atomic E-state index is 0.0278. The number of hydrogen-bond acceptors (Lipinski definition) is 2. The molecule has 0 aliphatic rings. The van der Waals surface area contributed by atoms with E-state index in [-0.39, 0.29) is 17.4 Å². The Kier molecular flexibility index (Phi) is 6.15. The van der Waals surface area contributed by atoms with E-state index in [1.165, 1.54) is 0 Å². The fourth-order valence-corrected chi connectivity index (χ4v) is 3.18. The maximum absolute atomic E-state index is 13.9. The van der Waals surface area contributed by atoms with Gasteiger partial charge in [0.1, 0.15) is 5.82 Å². The van der Waals surface area contributed by atoms with Crippen molar-refractivity contribution >= 4 is 0 Å². The quantitative estimate of drug-likeness (QED) is 0.815. The number of rotatable bonds is 7. The van der Waals surface area contributed by atoms with Crippen molar-refractivity contribution in [2.24, 2.45) is 0 Å². The van der Waals surface area contributed by atoms with Gasteiger partial charge in [-0.2, -0.15) is 0 Å². The van der Waals surface area contributed by atoms with Gasteiger partial charge in [-0.1, -0.05) is 32.9 Å². The van der Waals surface area contributed by atoms with E-state index in [1.807, 2.05) is 19.2 Å². The van der Waals surface area contributed by atoms with E-state index in [0.29, 0.717) is 5.56 Å². The van der Waals surface area contributed by atoms with E-state index < -0.39 is 0 Å². The average molecular weight is 280 g/mol. The molecule has 20 heavy (non-hydrogen) atoms. The van der Waals surface area contributed by atoms with Crippen LogP contribution < -0.4 is 5.32 Å². The summed E-state index contributed by atoms with van der Waals surface area (Å²) in [6.07, 6.45) is 1.01. The van der Waals surface area contributed by atoms with Crippen molar-refractivity contribution in [3.63, 3.8) is 0 Å². The second-order valence-electron chi connectivity index (χ2n) is 5.61. The molecule has 0 heterocycles. The van der Waals surface area contributed by atoms with Gasteiger partial charge in [0.2, 0.25) is 0 Å². The Balaban J connectivity index is 3.23. The van der Waals surface area contributed by atoms with Gasteiger partial charge in [-0.25, -0.2) is 4.39 Å². The molecule has 0 aliphatic heterocycles. The molecule has 1 aromatic rings. The van der Waals surface area contributed by atoms with Crippen LogP contribution in [-0.2, 0) is 0 Å². The summed E-state index contributed by atoms with van der Waals surface area (Å²) in [6.45, 7) is 12.6. The molecule has 1 N–H and O–H groups in total. The van der Waals surface area contributed by atoms with Gasteiger partial charge in [-0.05, 0) is 57.6 Å². The van der Waals surface area contributed by atoms with Crippen molar-refractivity contribution in [1.29, 1.82) is 0 Å². The largest absolute Gasteiger partial charge is 0.311 e. The molecule has 0 saturated heterocycles. The van der Waals surface area contributed by atoms with Crippen LogP contribution in [0.5, 0.6) is 0 Å². The maximum Gasteiger partial charge on any atom is 0.126 e. The normalized spacial score (nSPS) is 16.2. The summed E-state index contributed by atoms with van der Waals surface area (Å²) >= 11 is 0. The van der Waals surface area contributed by atoms with Crippen LogP contribution in [0.3, 0.4) is 0 Å². The third kappa shape index (κ3) is 3.21. The maximum atomic E-state index is 13.9. The van der Waals surface area contributed by atoms with Gasteiger partial charge in [0, 0.05) is 5.54 Å². The highest BCUT2D eigenvalue weighted by Crippen LogP contribution is 2.34. The van der Waals surface area contributed by atoms with Gasteiger partial charge >= 0.3 is 0 Å². The van der Waals surface area contributed by atoms with Crippen molar-refractivity contribution in [1.82, 2.24) is 10.2 Å². The van der Waals surface area contributed by atoms with Crippen LogP contribution in [0.2, 0.25) is 0 Å². The summed E-state index contributed by atoms with van der Waals surface area (Å²) in [7, 11) is 1.96. The first-order valence-corrected chi connectivity index (χ1v) is 7.62. The van der Waals surface area contributed by atoms with Crippen molar-refractivity contribution in [2.45, 2.75) is 52.6 Å². The van der Waals surface area contributed by atoms with Crippen LogP contribution in [0.25, 0.3) is 0 Å². The van der Waals surface area contributed by atoms with E-state index >= 15 is 0 Å². The van der Waals surface area contributed by atoms with Crippen LogP contribution >= 0.6 is 0 Å². The van der Waals surface area contributed by atoms with Crippen LogP contribution in [0.1, 0.15) is 51.3 Å². The summed E-state index contributed by atoms with van der Waals surface area (Å²) in [5.74, 6) is -0.124. The smallest absolute Gasteiger partial charge is 0.126 e. The molecule has 0 bridgehead atoms. The molecule has 0 aromatic heterocycles. The minimum atomic E-state index is -0.124. The second kappa shape index (κ2) is 7.19. The molecular weight excluding hydrogens is 251 g/mol. The third-order valence-electron chi connectivity index (χ3n) is 4.64. The average Bonchev–Trinajstić information content (AvgIpc) is 2.44. The summed E-state index contributed by atoms with van der Waals surface area (Å²) < 4.78 is 13.9. The first-order valence-electron chi connectivity index (χ1n) is 7.62. The fraction of sp³-hybridized carbons (Fsp3) is 0.647. The van der Waals surface area contributed by atoms with Crippen LogP contribution in [0.4, 0.5) is 4.39 Å². The van der Waals surface area contributed by atoms with Crippen molar-refractivity contribution < 1.29 is 4.39 Å². The molecular formula is C17H29FN2. The number of aryl methyl sites for hydroxylation is 1. The lowest BCUT2D eigenvalue weighted by molar-refractivity contribution is 0.0727. The molecule has 2 atom stereocenters. The minimum Gasteiger partial charge on any atom is -0.311 e. The topological polar surface area (TPSA) is 15.3 Å². The number of benzene rings is 1. The Bertz CT molecular complexity index is 429. The third-order valence-corrected chi connectivity index (χ3v) is 4.64. The Labute approximate surface area is 123 Å². The molecule has 0 spiro atoms. The monoisotopic (exact) mass is 280 g/mol. The van der Waals surface area contributed by atoms with E-state index in [4.69, 9.17) is 0 Å². The summed E-state index contributed by atoms with van der Waals surface area (Å²) in [5.41, 5.74) is 1.69. The molecule has 1 aromatic carbocycles. The van der Waals surface area contributed by atoms with Crippen LogP contribution in [0.15, 0.2) is 18.2 Å². The molecule has 3 heteroatoms. The van der Waals surface area contributed by atoms with Crippen LogP contribution in [-0.4, -0.2) is 30.6 Å². The Hall–Kier alpha value is -0.930. The molecule has 0 amide bonds.